The van der Waals surface area contributed by atoms with Gasteiger partial charge in [-0.25, -0.2) is 9.78 Å². The molecule has 0 aromatic carbocycles. The van der Waals surface area contributed by atoms with Crippen molar-refractivity contribution in [1.29, 1.82) is 0 Å². The normalized spacial score (nSPS) is 10.0. The number of aromatic nitrogens is 3. The standard InChI is InChI=1S/C11H8BrN3O4/c1-18-9-8(12)5-14-11(15-9)19-7-2-6(10(16)17)3-13-4-7/h2-5H,1H3,(H,16,17). The van der Waals surface area contributed by atoms with Gasteiger partial charge in [0, 0.05) is 6.20 Å². The molecule has 2 aromatic rings. The molecule has 0 bridgehead atoms. The van der Waals surface area contributed by atoms with Crippen molar-refractivity contribution in [3.63, 3.8) is 0 Å². The minimum Gasteiger partial charge on any atom is -0.480 e. The number of hydrogen-bond donors (Lipinski definition) is 1. The van der Waals surface area contributed by atoms with Gasteiger partial charge in [-0.2, -0.15) is 4.98 Å². The summed E-state index contributed by atoms with van der Waals surface area (Å²) in [5, 5.41) is 8.84. The Balaban J connectivity index is 2.26. The van der Waals surface area contributed by atoms with E-state index in [1.807, 2.05) is 0 Å². The van der Waals surface area contributed by atoms with Crippen molar-refractivity contribution in [2.75, 3.05) is 7.11 Å². The van der Waals surface area contributed by atoms with Gasteiger partial charge in [0.05, 0.1) is 29.5 Å². The molecule has 7 nitrogen and oxygen atoms in total. The van der Waals surface area contributed by atoms with Gasteiger partial charge in [0.1, 0.15) is 5.75 Å². The second-order valence-corrected chi connectivity index (χ2v) is 4.18. The maximum atomic E-state index is 10.8. The fourth-order valence-corrected chi connectivity index (χ4v) is 1.58. The fourth-order valence-electron chi connectivity index (χ4n) is 1.23. The second-order valence-electron chi connectivity index (χ2n) is 3.33. The number of carboxylic acids is 1. The maximum Gasteiger partial charge on any atom is 0.337 e. The Morgan fingerprint density at radius 1 is 1.37 bits per heavy atom. The molecular weight excluding hydrogens is 318 g/mol. The molecule has 2 rings (SSSR count). The first-order chi connectivity index (χ1) is 9.10. The van der Waals surface area contributed by atoms with Crippen molar-refractivity contribution in [2.24, 2.45) is 0 Å². The Morgan fingerprint density at radius 3 is 2.84 bits per heavy atom. The van der Waals surface area contributed by atoms with Crippen LogP contribution >= 0.6 is 15.9 Å². The first-order valence-corrected chi connectivity index (χ1v) is 5.82. The Labute approximate surface area is 116 Å². The summed E-state index contributed by atoms with van der Waals surface area (Å²) in [6.45, 7) is 0. The highest BCUT2D eigenvalue weighted by Gasteiger charge is 2.09. The molecule has 0 fully saturated rings. The van der Waals surface area contributed by atoms with Crippen molar-refractivity contribution in [3.05, 3.63) is 34.7 Å². The van der Waals surface area contributed by atoms with E-state index in [1.54, 1.807) is 0 Å². The molecule has 0 saturated heterocycles. The molecule has 8 heteroatoms. The first kappa shape index (κ1) is 13.2. The van der Waals surface area contributed by atoms with Gasteiger partial charge >= 0.3 is 12.0 Å². The smallest absolute Gasteiger partial charge is 0.337 e. The fraction of sp³-hybridized carbons (Fsp3) is 0.0909. The first-order valence-electron chi connectivity index (χ1n) is 5.03. The van der Waals surface area contributed by atoms with Crippen LogP contribution in [0.3, 0.4) is 0 Å². The average molecular weight is 326 g/mol. The Hall–Kier alpha value is -2.22. The Kier molecular flexibility index (Phi) is 3.91. The topological polar surface area (TPSA) is 94.4 Å². The van der Waals surface area contributed by atoms with Gasteiger partial charge in [-0.05, 0) is 22.0 Å². The predicted octanol–water partition coefficient (Wildman–Crippen LogP) is 2.13. The summed E-state index contributed by atoms with van der Waals surface area (Å²) in [6, 6.07) is 1.36. The van der Waals surface area contributed by atoms with Gasteiger partial charge in [-0.15, -0.1) is 0 Å². The van der Waals surface area contributed by atoms with Crippen LogP contribution in [-0.4, -0.2) is 33.1 Å². The quantitative estimate of drug-likeness (QED) is 0.919. The van der Waals surface area contributed by atoms with E-state index in [0.29, 0.717) is 10.4 Å². The van der Waals surface area contributed by atoms with Crippen molar-refractivity contribution < 1.29 is 19.4 Å². The third kappa shape index (κ3) is 3.16. The number of ether oxygens (including phenoxy) is 2. The molecule has 1 N–H and O–H groups in total. The highest BCUT2D eigenvalue weighted by Crippen LogP contribution is 2.25. The van der Waals surface area contributed by atoms with E-state index in [0.717, 1.165) is 0 Å². The lowest BCUT2D eigenvalue weighted by Gasteiger charge is -2.06. The third-order valence-corrected chi connectivity index (χ3v) is 2.60. The lowest BCUT2D eigenvalue weighted by atomic mass is 10.3. The van der Waals surface area contributed by atoms with Gasteiger partial charge in [0.2, 0.25) is 5.88 Å². The summed E-state index contributed by atoms with van der Waals surface area (Å²) in [6.07, 6.45) is 4.05. The number of methoxy groups -OCH3 is 1. The molecule has 0 aliphatic carbocycles. The van der Waals surface area contributed by atoms with Crippen LogP contribution < -0.4 is 9.47 Å². The van der Waals surface area contributed by atoms with E-state index >= 15 is 0 Å². The number of rotatable bonds is 4. The molecule has 98 valence electrons. The van der Waals surface area contributed by atoms with Crippen LogP contribution in [0.2, 0.25) is 0 Å². The van der Waals surface area contributed by atoms with Crippen molar-refractivity contribution in [2.45, 2.75) is 0 Å². The van der Waals surface area contributed by atoms with Gasteiger partial charge in [0.15, 0.2) is 0 Å². The van der Waals surface area contributed by atoms with Crippen LogP contribution in [0.5, 0.6) is 17.6 Å². The zero-order chi connectivity index (χ0) is 13.8. The van der Waals surface area contributed by atoms with Crippen LogP contribution in [0.1, 0.15) is 10.4 Å². The summed E-state index contributed by atoms with van der Waals surface area (Å²) in [5.41, 5.74) is 0.0153. The van der Waals surface area contributed by atoms with Gasteiger partial charge in [-0.3, -0.25) is 4.98 Å². The zero-order valence-corrected chi connectivity index (χ0v) is 11.3. The monoisotopic (exact) mass is 325 g/mol. The summed E-state index contributed by atoms with van der Waals surface area (Å²) >= 11 is 3.21. The number of pyridine rings is 1. The minimum atomic E-state index is -1.09. The molecule has 0 aliphatic heterocycles. The molecule has 0 aliphatic rings. The van der Waals surface area contributed by atoms with Crippen LogP contribution in [0.4, 0.5) is 0 Å². The predicted molar refractivity (Wildman–Crippen MR) is 67.6 cm³/mol. The maximum absolute atomic E-state index is 10.8. The number of carboxylic acid groups (broad SMARTS) is 1. The largest absolute Gasteiger partial charge is 0.480 e. The zero-order valence-electron chi connectivity index (χ0n) is 9.70. The van der Waals surface area contributed by atoms with E-state index in [2.05, 4.69) is 30.9 Å². The van der Waals surface area contributed by atoms with E-state index in [4.69, 9.17) is 14.6 Å². The minimum absolute atomic E-state index is 0.0153. The summed E-state index contributed by atoms with van der Waals surface area (Å²) in [5.74, 6) is -0.552. The van der Waals surface area contributed by atoms with Gasteiger partial charge in [-0.1, -0.05) is 0 Å². The lowest BCUT2D eigenvalue weighted by molar-refractivity contribution is 0.0696. The summed E-state index contributed by atoms with van der Waals surface area (Å²) in [4.78, 5) is 22.5. The lowest BCUT2D eigenvalue weighted by Crippen LogP contribution is -1.99. The average Bonchev–Trinajstić information content (AvgIpc) is 2.41. The highest BCUT2D eigenvalue weighted by atomic mass is 79.9. The molecule has 0 spiro atoms. The Morgan fingerprint density at radius 2 is 2.16 bits per heavy atom. The second kappa shape index (κ2) is 5.61. The molecule has 0 atom stereocenters. The van der Waals surface area contributed by atoms with Crippen LogP contribution in [0.25, 0.3) is 0 Å². The van der Waals surface area contributed by atoms with Gasteiger partial charge < -0.3 is 14.6 Å². The molecule has 0 saturated carbocycles. The van der Waals surface area contributed by atoms with Crippen molar-refractivity contribution in [3.8, 4) is 17.6 Å². The molecule has 2 heterocycles. The van der Waals surface area contributed by atoms with E-state index < -0.39 is 5.97 Å². The summed E-state index contributed by atoms with van der Waals surface area (Å²) in [7, 11) is 1.46. The van der Waals surface area contributed by atoms with Gasteiger partial charge in [0.25, 0.3) is 0 Å². The van der Waals surface area contributed by atoms with Crippen molar-refractivity contribution in [1.82, 2.24) is 15.0 Å². The molecule has 0 amide bonds. The van der Waals surface area contributed by atoms with E-state index in [-0.39, 0.29) is 17.3 Å². The van der Waals surface area contributed by atoms with E-state index in [9.17, 15) is 4.79 Å². The third-order valence-electron chi connectivity index (χ3n) is 2.05. The molecule has 19 heavy (non-hydrogen) atoms. The van der Waals surface area contributed by atoms with E-state index in [1.165, 1.54) is 31.8 Å². The van der Waals surface area contributed by atoms with Crippen LogP contribution in [-0.2, 0) is 0 Å². The van der Waals surface area contributed by atoms with Crippen LogP contribution in [0.15, 0.2) is 29.1 Å². The number of halogens is 1. The molecule has 0 unspecified atom stereocenters. The molecule has 0 radical (unpaired) electrons. The Bertz CT molecular complexity index is 621. The SMILES string of the molecule is COc1nc(Oc2cncc(C(=O)O)c2)ncc1Br. The number of hydrogen-bond acceptors (Lipinski definition) is 6. The summed E-state index contributed by atoms with van der Waals surface area (Å²) < 4.78 is 10.9. The number of carbonyl (C=O) groups is 1. The number of nitrogens with zero attached hydrogens (tertiary/aromatic N) is 3. The molecule has 2 aromatic heterocycles. The molecular formula is C11H8BrN3O4. The highest BCUT2D eigenvalue weighted by molar-refractivity contribution is 9.10. The van der Waals surface area contributed by atoms with Crippen molar-refractivity contribution >= 4 is 21.9 Å². The van der Waals surface area contributed by atoms with Crippen LogP contribution in [0, 0.1) is 0 Å². The number of aromatic carboxylic acids is 1.